The van der Waals surface area contributed by atoms with Crippen molar-refractivity contribution >= 4 is 46.5 Å². The number of piperidine rings is 1. The second-order valence-corrected chi connectivity index (χ2v) is 21.9. The Kier molecular flexibility index (Phi) is 17.5. The fourth-order valence-electron chi connectivity index (χ4n) is 10.2. The quantitative estimate of drug-likeness (QED) is 0.0567. The lowest BCUT2D eigenvalue weighted by molar-refractivity contribution is -0.144. The Balaban J connectivity index is 0.731. The maximum Gasteiger partial charge on any atom is 0.246 e. The number of carbonyl (C=O) groups excluding carboxylic acids is 4. The van der Waals surface area contributed by atoms with Gasteiger partial charge in [0, 0.05) is 82.4 Å². The summed E-state index contributed by atoms with van der Waals surface area (Å²) in [5.74, 6) is -0.109. The monoisotopic (exact) mass is 1030 g/mol. The first-order valence-corrected chi connectivity index (χ1v) is 26.9. The SMILES string of the molecule is Cc1ncsc1-c1ccc([C@H](C)NC(=O)[C@@H]2CC(O)CN2C(=O)[C@@H](NC(=O)CCCCCC(=O)N2CCN(c3ccc(CN4CCCC(Oc5cc(-c6ccccc6O)nnc5N)C4)cc3)CC2)C(C)(C)C)cc1. The number of hydrogen-bond donors (Lipinski definition) is 5. The van der Waals surface area contributed by atoms with Crippen molar-refractivity contribution in [1.29, 1.82) is 0 Å². The van der Waals surface area contributed by atoms with Gasteiger partial charge in [-0.1, -0.05) is 75.7 Å². The second kappa shape index (κ2) is 24.1. The third-order valence-corrected chi connectivity index (χ3v) is 15.4. The summed E-state index contributed by atoms with van der Waals surface area (Å²) in [4.78, 5) is 67.9. The predicted octanol–water partition coefficient (Wildman–Crippen LogP) is 6.88. The summed E-state index contributed by atoms with van der Waals surface area (Å²) in [6, 6.07) is 23.2. The van der Waals surface area contributed by atoms with E-state index in [4.69, 9.17) is 10.5 Å². The molecule has 74 heavy (non-hydrogen) atoms. The maximum absolute atomic E-state index is 14.2. The molecule has 5 heterocycles. The van der Waals surface area contributed by atoms with Gasteiger partial charge in [-0.2, -0.15) is 0 Å². The largest absolute Gasteiger partial charge is 0.507 e. The molecule has 3 fully saturated rings. The Bertz CT molecular complexity index is 2720. The third-order valence-electron chi connectivity index (χ3n) is 14.4. The van der Waals surface area contributed by atoms with E-state index in [1.54, 1.807) is 35.6 Å². The molecule has 394 valence electrons. The lowest BCUT2D eigenvalue weighted by Gasteiger charge is -2.36. The Morgan fingerprint density at radius 3 is 2.32 bits per heavy atom. The molecule has 0 saturated carbocycles. The molecule has 0 radical (unpaired) electrons. The number of aryl methyl sites for hydroxylation is 1. The van der Waals surface area contributed by atoms with Crippen LogP contribution in [0, 0.1) is 12.3 Å². The second-order valence-electron chi connectivity index (χ2n) is 21.1. The number of benzene rings is 3. The van der Waals surface area contributed by atoms with E-state index < -0.39 is 29.5 Å². The number of anilines is 2. The predicted molar refractivity (Wildman–Crippen MR) is 287 cm³/mol. The highest BCUT2D eigenvalue weighted by molar-refractivity contribution is 7.13. The van der Waals surface area contributed by atoms with Gasteiger partial charge in [-0.15, -0.1) is 21.5 Å². The minimum atomic E-state index is -0.908. The molecule has 3 aromatic carbocycles. The number of β-amino-alcohol motifs (C(OH)–C–C–N with tert-alkyl or cyclic N) is 1. The highest BCUT2D eigenvalue weighted by atomic mass is 32.1. The minimum absolute atomic E-state index is 0.00130. The number of nitrogen functional groups attached to an aromatic ring is 1. The Morgan fingerprint density at radius 1 is 0.892 bits per heavy atom. The molecule has 3 saturated heterocycles. The van der Waals surface area contributed by atoms with Crippen LogP contribution in [0.3, 0.4) is 0 Å². The fraction of sp³-hybridized carbons (Fsp3) is 0.482. The van der Waals surface area contributed by atoms with Crippen molar-refractivity contribution < 1.29 is 34.1 Å². The van der Waals surface area contributed by atoms with Crippen LogP contribution in [-0.2, 0) is 25.7 Å². The van der Waals surface area contributed by atoms with E-state index in [2.05, 4.69) is 59.9 Å². The molecule has 2 unspecified atom stereocenters. The van der Waals surface area contributed by atoms with Crippen LogP contribution in [0.2, 0.25) is 0 Å². The number of phenolic OH excluding ortho intramolecular Hbond substituents is 1. The van der Waals surface area contributed by atoms with Crippen LogP contribution in [-0.4, -0.2) is 134 Å². The number of nitrogens with two attached hydrogens (primary N) is 1. The molecule has 18 heteroatoms. The number of aliphatic hydroxyl groups is 1. The van der Waals surface area contributed by atoms with Crippen molar-refractivity contribution in [3.63, 3.8) is 0 Å². The summed E-state index contributed by atoms with van der Waals surface area (Å²) in [6.07, 6.45) is 3.58. The molecule has 8 rings (SSSR count). The van der Waals surface area contributed by atoms with Crippen LogP contribution in [0.1, 0.15) is 102 Å². The number of aromatic nitrogens is 3. The molecule has 0 spiro atoms. The zero-order valence-corrected chi connectivity index (χ0v) is 44.2. The maximum atomic E-state index is 14.2. The lowest BCUT2D eigenvalue weighted by Crippen LogP contribution is -2.57. The number of rotatable bonds is 18. The summed E-state index contributed by atoms with van der Waals surface area (Å²) in [7, 11) is 0. The smallest absolute Gasteiger partial charge is 0.246 e. The van der Waals surface area contributed by atoms with E-state index in [1.165, 1.54) is 10.5 Å². The number of para-hydroxylation sites is 1. The van der Waals surface area contributed by atoms with E-state index >= 15 is 0 Å². The van der Waals surface area contributed by atoms with Gasteiger partial charge < -0.3 is 46.0 Å². The topological polar surface area (TPSA) is 220 Å². The number of thiazole rings is 1. The number of piperazine rings is 1. The van der Waals surface area contributed by atoms with Crippen molar-refractivity contribution in [3.8, 4) is 33.2 Å². The molecule has 3 aliphatic rings. The summed E-state index contributed by atoms with van der Waals surface area (Å²) >= 11 is 1.58. The number of aromatic hydroxyl groups is 1. The average molecular weight is 1030 g/mol. The Hall–Kier alpha value is -6.63. The van der Waals surface area contributed by atoms with E-state index in [9.17, 15) is 29.4 Å². The number of carbonyl (C=O) groups is 4. The number of phenols is 1. The number of nitrogens with zero attached hydrogens (tertiary/aromatic N) is 7. The molecule has 6 N–H and O–H groups in total. The molecule has 2 aromatic heterocycles. The fourth-order valence-corrected chi connectivity index (χ4v) is 11.0. The number of aliphatic hydroxyl groups excluding tert-OH is 1. The van der Waals surface area contributed by atoms with Crippen molar-refractivity contribution in [3.05, 3.63) is 101 Å². The molecule has 0 aliphatic carbocycles. The summed E-state index contributed by atoms with van der Waals surface area (Å²) in [6.45, 7) is 14.7. The van der Waals surface area contributed by atoms with E-state index in [-0.39, 0.29) is 60.8 Å². The number of unbranched alkanes of at least 4 members (excludes halogenated alkanes) is 2. The van der Waals surface area contributed by atoms with Crippen molar-refractivity contribution in [2.45, 2.75) is 123 Å². The zero-order chi connectivity index (χ0) is 52.5. The number of amides is 4. The standard InChI is InChI=1S/C56H72N10O7S/c1-36(39-19-21-40(22-20-39)51-37(2)58-35-74-51)59-54(71)46-30-42(67)33-66(46)55(72)52(56(3,4)5)60-49(69)15-7-6-8-16-50(70)65-28-26-64(27-29-65)41-23-17-38(18-24-41)32-63-25-11-12-43(34-63)73-48-31-45(61-62-53(48)57)44-13-9-10-14-47(44)68/h9-10,13-14,17-24,31,35-36,42-43,46,52,67-68H,6-8,11-12,15-16,25-30,32-34H2,1-5H3,(H2,57,62)(H,59,71)(H,60,69)/t36-,42?,43?,46-,52+/m0/s1. The van der Waals surface area contributed by atoms with Crippen molar-refractivity contribution in [2.24, 2.45) is 5.41 Å². The van der Waals surface area contributed by atoms with Gasteiger partial charge in [-0.25, -0.2) is 4.98 Å². The molecule has 5 atom stereocenters. The summed E-state index contributed by atoms with van der Waals surface area (Å²) in [5, 5.41) is 35.3. The first-order chi connectivity index (χ1) is 35.5. The molecular formula is C56H72N10O7S. The molecule has 4 amide bonds. The van der Waals surface area contributed by atoms with Gasteiger partial charge in [0.25, 0.3) is 0 Å². The van der Waals surface area contributed by atoms with E-state index in [0.717, 1.165) is 73.0 Å². The molecule has 3 aliphatic heterocycles. The molecular weight excluding hydrogens is 957 g/mol. The van der Waals surface area contributed by atoms with Gasteiger partial charge >= 0.3 is 0 Å². The number of hydrogen-bond acceptors (Lipinski definition) is 14. The van der Waals surface area contributed by atoms with Gasteiger partial charge in [0.2, 0.25) is 23.6 Å². The van der Waals surface area contributed by atoms with Gasteiger partial charge in [0.1, 0.15) is 29.6 Å². The zero-order valence-electron chi connectivity index (χ0n) is 43.3. The molecule has 5 aromatic rings. The van der Waals surface area contributed by atoms with Crippen molar-refractivity contribution in [2.75, 3.05) is 56.4 Å². The summed E-state index contributed by atoms with van der Waals surface area (Å²) in [5.41, 5.74) is 13.6. The average Bonchev–Trinajstić information content (AvgIpc) is 4.01. The number of likely N-dealkylation sites (tertiary alicyclic amines) is 2. The highest BCUT2D eigenvalue weighted by Gasteiger charge is 2.44. The normalized spacial score (nSPS) is 19.2. The van der Waals surface area contributed by atoms with Crippen molar-refractivity contribution in [1.82, 2.24) is 40.5 Å². The van der Waals surface area contributed by atoms with Gasteiger partial charge in [-0.3, -0.25) is 24.1 Å². The Labute approximate surface area is 438 Å². The van der Waals surface area contributed by atoms with E-state index in [0.29, 0.717) is 55.8 Å². The van der Waals surface area contributed by atoms with Crippen LogP contribution >= 0.6 is 11.3 Å². The minimum Gasteiger partial charge on any atom is -0.507 e. The third kappa shape index (κ3) is 13.6. The van der Waals surface area contributed by atoms with Crippen LogP contribution in [0.25, 0.3) is 21.7 Å². The molecule has 17 nitrogen and oxygen atoms in total. The van der Waals surface area contributed by atoms with Crippen LogP contribution < -0.4 is 26.0 Å². The van der Waals surface area contributed by atoms with E-state index in [1.807, 2.05) is 75.4 Å². The first kappa shape index (κ1) is 53.7. The van der Waals surface area contributed by atoms with Crippen LogP contribution in [0.15, 0.2) is 84.4 Å². The highest BCUT2D eigenvalue weighted by Crippen LogP contribution is 2.33. The molecule has 0 bridgehead atoms. The Morgan fingerprint density at radius 2 is 1.62 bits per heavy atom. The van der Waals surface area contributed by atoms with Gasteiger partial charge in [0.15, 0.2) is 11.6 Å². The van der Waals surface area contributed by atoms with Crippen LogP contribution in [0.5, 0.6) is 11.5 Å². The lowest BCUT2D eigenvalue weighted by atomic mass is 9.85. The number of nitrogens with one attached hydrogen (secondary N) is 2. The summed E-state index contributed by atoms with van der Waals surface area (Å²) < 4.78 is 6.37. The van der Waals surface area contributed by atoms with Gasteiger partial charge in [-0.05, 0) is 92.4 Å². The van der Waals surface area contributed by atoms with Gasteiger partial charge in [0.05, 0.1) is 28.2 Å². The first-order valence-electron chi connectivity index (χ1n) is 26.0. The van der Waals surface area contributed by atoms with Crippen LogP contribution in [0.4, 0.5) is 11.5 Å². The number of ether oxygens (including phenoxy) is 1.